The highest BCUT2D eigenvalue weighted by Crippen LogP contribution is 2.44. The van der Waals surface area contributed by atoms with Gasteiger partial charge in [-0.3, -0.25) is 0 Å². The Hall–Kier alpha value is -4.18. The number of unbranched alkanes of at least 4 members (excludes halogenated alkanes) is 2. The van der Waals surface area contributed by atoms with E-state index in [1.165, 1.54) is 0 Å². The molecule has 3 aromatic carbocycles. The molecule has 1 fully saturated rings. The van der Waals surface area contributed by atoms with E-state index in [1.54, 1.807) is 13.4 Å². The average Bonchev–Trinajstić information content (AvgIpc) is 3.68. The molecule has 1 N–H and O–H groups in total. The van der Waals surface area contributed by atoms with E-state index in [-0.39, 0.29) is 12.2 Å². The summed E-state index contributed by atoms with van der Waals surface area (Å²) in [4.78, 5) is 4.95. The van der Waals surface area contributed by atoms with E-state index in [4.69, 9.17) is 29.0 Å². The number of anilines is 1. The quantitative estimate of drug-likeness (QED) is 0.0689. The Morgan fingerprint density at radius 3 is 2.16 bits per heavy atom. The molecule has 0 bridgehead atoms. The number of hydrogen-bond acceptors (Lipinski definition) is 7. The van der Waals surface area contributed by atoms with Gasteiger partial charge in [-0.25, -0.2) is 9.50 Å². The Kier molecular flexibility index (Phi) is 11.0. The molecule has 256 valence electrons. The Balaban J connectivity index is 1.51. The maximum absolute atomic E-state index is 6.70. The van der Waals surface area contributed by atoms with Crippen molar-refractivity contribution in [2.75, 3.05) is 32.2 Å². The highest BCUT2D eigenvalue weighted by atomic mass is 16.6. The maximum atomic E-state index is 6.70. The molecule has 1 aliphatic rings. The first-order valence-corrected chi connectivity index (χ1v) is 17.8. The van der Waals surface area contributed by atoms with Crippen LogP contribution in [0, 0.1) is 0 Å². The molecular formula is C40H49BN4O4. The van der Waals surface area contributed by atoms with Gasteiger partial charge in [0.05, 0.1) is 19.4 Å². The lowest BCUT2D eigenvalue weighted by Crippen LogP contribution is -2.45. The standard InChI is InChI=1S/C40H49BN4O4/c1-6-8-24-47-35-27-48-37(39(35,3)49-25-9-7-2)34-26-33(41-4)36-38(42-28-43-45(34)36)44-40(29-16-12-10-13-17-29,30-18-14-11-15-19-30)31-20-22-32(46-5)23-21-31/h10-23,26,28,35,37,41H,6-9,24-25,27H2,1-5H3,(H,42,43,44)/t35-,37+,39-/m1/s1. The molecule has 2 aromatic heterocycles. The monoisotopic (exact) mass is 660 g/mol. The summed E-state index contributed by atoms with van der Waals surface area (Å²) in [6, 6.07) is 31.6. The third-order valence-electron chi connectivity index (χ3n) is 9.86. The van der Waals surface area contributed by atoms with Crippen molar-refractivity contribution in [3.63, 3.8) is 0 Å². The number of aromatic nitrogens is 3. The molecule has 3 heterocycles. The molecule has 0 amide bonds. The average molecular weight is 661 g/mol. The summed E-state index contributed by atoms with van der Waals surface area (Å²) in [6.07, 6.45) is 5.17. The summed E-state index contributed by atoms with van der Waals surface area (Å²) >= 11 is 0. The lowest BCUT2D eigenvalue weighted by Gasteiger charge is -2.37. The zero-order chi connectivity index (χ0) is 34.3. The number of hydrogen-bond donors (Lipinski definition) is 1. The number of benzene rings is 3. The molecule has 0 unspecified atom stereocenters. The molecule has 0 spiro atoms. The first kappa shape index (κ1) is 34.7. The van der Waals surface area contributed by atoms with Crippen molar-refractivity contribution in [1.82, 2.24) is 14.6 Å². The normalized spacial score (nSPS) is 19.3. The minimum Gasteiger partial charge on any atom is -0.497 e. The van der Waals surface area contributed by atoms with E-state index in [9.17, 15) is 0 Å². The first-order valence-electron chi connectivity index (χ1n) is 17.8. The third-order valence-corrected chi connectivity index (χ3v) is 9.86. The Bertz CT molecular complexity index is 1740. The zero-order valence-corrected chi connectivity index (χ0v) is 29.5. The SMILES string of the molecule is CBc1cc([C@@H]2OC[C@@H](OCCCC)[C@@]2(C)OCCCC)n2ncnc(NC(c3ccccc3)(c3ccccc3)c3ccc(OC)cc3)c12. The van der Waals surface area contributed by atoms with E-state index in [0.29, 0.717) is 19.8 Å². The summed E-state index contributed by atoms with van der Waals surface area (Å²) in [7, 11) is 2.48. The van der Waals surface area contributed by atoms with E-state index >= 15 is 0 Å². The van der Waals surface area contributed by atoms with Crippen LogP contribution in [-0.4, -0.2) is 60.5 Å². The lowest BCUT2D eigenvalue weighted by molar-refractivity contribution is -0.135. The van der Waals surface area contributed by atoms with Crippen LogP contribution in [0.25, 0.3) is 5.52 Å². The minimum absolute atomic E-state index is 0.185. The van der Waals surface area contributed by atoms with Crippen LogP contribution in [0.1, 0.15) is 74.9 Å². The molecule has 9 heteroatoms. The van der Waals surface area contributed by atoms with Crippen molar-refractivity contribution >= 4 is 24.1 Å². The maximum Gasteiger partial charge on any atom is 0.157 e. The highest BCUT2D eigenvalue weighted by molar-refractivity contribution is 6.55. The van der Waals surface area contributed by atoms with E-state index in [2.05, 4.69) is 99.6 Å². The van der Waals surface area contributed by atoms with Gasteiger partial charge in [-0.05, 0) is 54.7 Å². The second-order valence-corrected chi connectivity index (χ2v) is 13.0. The Morgan fingerprint density at radius 2 is 1.55 bits per heavy atom. The highest BCUT2D eigenvalue weighted by Gasteiger charge is 2.52. The summed E-state index contributed by atoms with van der Waals surface area (Å²) in [5.74, 6) is 1.52. The number of ether oxygens (including phenoxy) is 4. The van der Waals surface area contributed by atoms with Gasteiger partial charge in [0.25, 0.3) is 0 Å². The molecule has 8 nitrogen and oxygen atoms in total. The summed E-state index contributed by atoms with van der Waals surface area (Å²) in [5, 5.41) is 8.86. The van der Waals surface area contributed by atoms with Crippen molar-refractivity contribution < 1.29 is 18.9 Å². The van der Waals surface area contributed by atoms with Crippen molar-refractivity contribution in [1.29, 1.82) is 0 Å². The van der Waals surface area contributed by atoms with Gasteiger partial charge in [0.2, 0.25) is 0 Å². The van der Waals surface area contributed by atoms with Gasteiger partial charge in [0, 0.05) is 13.2 Å². The molecule has 0 aliphatic carbocycles. The van der Waals surface area contributed by atoms with Gasteiger partial charge in [0.1, 0.15) is 40.9 Å². The van der Waals surface area contributed by atoms with Gasteiger partial charge in [0.15, 0.2) is 13.1 Å². The summed E-state index contributed by atoms with van der Waals surface area (Å²) in [6.45, 7) is 10.5. The predicted molar refractivity (Wildman–Crippen MR) is 198 cm³/mol. The fourth-order valence-electron chi connectivity index (χ4n) is 7.06. The van der Waals surface area contributed by atoms with Crippen molar-refractivity contribution in [3.8, 4) is 5.75 Å². The number of rotatable bonds is 16. The molecule has 49 heavy (non-hydrogen) atoms. The van der Waals surface area contributed by atoms with E-state index in [1.807, 2.05) is 28.8 Å². The van der Waals surface area contributed by atoms with Gasteiger partial charge in [-0.15, -0.1) is 0 Å². The number of methoxy groups -OCH3 is 1. The molecule has 1 aliphatic heterocycles. The van der Waals surface area contributed by atoms with Gasteiger partial charge < -0.3 is 24.3 Å². The number of fused-ring (bicyclic) bond motifs is 1. The summed E-state index contributed by atoms with van der Waals surface area (Å²) < 4.78 is 27.3. The molecule has 0 radical (unpaired) electrons. The molecule has 1 saturated heterocycles. The molecule has 3 atom stereocenters. The van der Waals surface area contributed by atoms with Crippen LogP contribution in [0.15, 0.2) is 97.3 Å². The third kappa shape index (κ3) is 6.72. The van der Waals surface area contributed by atoms with Crippen LogP contribution in [0.5, 0.6) is 5.75 Å². The van der Waals surface area contributed by atoms with Crippen LogP contribution in [0.4, 0.5) is 5.82 Å². The largest absolute Gasteiger partial charge is 0.497 e. The smallest absolute Gasteiger partial charge is 0.157 e. The van der Waals surface area contributed by atoms with E-state index < -0.39 is 11.1 Å². The minimum atomic E-state index is -0.793. The van der Waals surface area contributed by atoms with Gasteiger partial charge in [-0.2, -0.15) is 5.10 Å². The second-order valence-electron chi connectivity index (χ2n) is 13.0. The molecular weight excluding hydrogens is 611 g/mol. The fourth-order valence-corrected chi connectivity index (χ4v) is 7.06. The second kappa shape index (κ2) is 15.6. The van der Waals surface area contributed by atoms with Gasteiger partial charge in [-0.1, -0.05) is 112 Å². The number of nitrogens with one attached hydrogen (secondary N) is 1. The molecule has 5 aromatic rings. The van der Waals surface area contributed by atoms with Crippen molar-refractivity contribution in [2.24, 2.45) is 0 Å². The Morgan fingerprint density at radius 1 is 0.918 bits per heavy atom. The molecule has 0 saturated carbocycles. The first-order chi connectivity index (χ1) is 24.0. The van der Waals surface area contributed by atoms with Crippen molar-refractivity contribution in [3.05, 3.63) is 120 Å². The predicted octanol–water partition coefficient (Wildman–Crippen LogP) is 7.08. The summed E-state index contributed by atoms with van der Waals surface area (Å²) in [5.41, 5.74) is 4.72. The van der Waals surface area contributed by atoms with Crippen LogP contribution < -0.4 is 15.5 Å². The molecule has 6 rings (SSSR count). The van der Waals surface area contributed by atoms with Crippen LogP contribution in [-0.2, 0) is 19.7 Å². The van der Waals surface area contributed by atoms with Crippen LogP contribution in [0.2, 0.25) is 6.82 Å². The van der Waals surface area contributed by atoms with Crippen molar-refractivity contribution in [2.45, 2.75) is 76.6 Å². The van der Waals surface area contributed by atoms with Gasteiger partial charge >= 0.3 is 0 Å². The van der Waals surface area contributed by atoms with E-state index in [0.717, 1.165) is 77.9 Å². The topological polar surface area (TPSA) is 79.1 Å². The lowest BCUT2D eigenvalue weighted by atomic mass is 9.73. The number of nitrogens with zero attached hydrogens (tertiary/aromatic N) is 3. The van der Waals surface area contributed by atoms with Crippen LogP contribution >= 0.6 is 0 Å². The fraction of sp³-hybridized carbons (Fsp3) is 0.400. The Labute approximate surface area is 291 Å². The zero-order valence-electron chi connectivity index (χ0n) is 29.5. The van der Waals surface area contributed by atoms with Crippen LogP contribution in [0.3, 0.4) is 0 Å².